The Bertz CT molecular complexity index is 414. The van der Waals surface area contributed by atoms with Crippen molar-refractivity contribution < 1.29 is 9.53 Å². The third-order valence-electron chi connectivity index (χ3n) is 2.97. The number of carbonyl (C=O) groups excluding carboxylic acids is 1. The van der Waals surface area contributed by atoms with Crippen LogP contribution in [0.1, 0.15) is 23.7 Å². The SMILES string of the molecule is CNc1ccncc1C(=O)NC1(C)CCOC1. The summed E-state index contributed by atoms with van der Waals surface area (Å²) in [5.41, 5.74) is 1.07. The van der Waals surface area contributed by atoms with Crippen molar-refractivity contribution in [3.63, 3.8) is 0 Å². The molecule has 1 saturated heterocycles. The van der Waals surface area contributed by atoms with Gasteiger partial charge in [0.1, 0.15) is 0 Å². The maximum Gasteiger partial charge on any atom is 0.255 e. The Kier molecular flexibility index (Phi) is 3.28. The first-order valence-electron chi connectivity index (χ1n) is 5.67. The summed E-state index contributed by atoms with van der Waals surface area (Å²) in [7, 11) is 1.78. The number of hydrogen-bond donors (Lipinski definition) is 2. The van der Waals surface area contributed by atoms with E-state index in [2.05, 4.69) is 15.6 Å². The second-order valence-corrected chi connectivity index (χ2v) is 4.49. The van der Waals surface area contributed by atoms with Crippen LogP contribution >= 0.6 is 0 Å². The Morgan fingerprint density at radius 3 is 3.06 bits per heavy atom. The zero-order chi connectivity index (χ0) is 12.3. The molecule has 2 N–H and O–H groups in total. The van der Waals surface area contributed by atoms with Crippen LogP contribution in [0.5, 0.6) is 0 Å². The first-order valence-corrected chi connectivity index (χ1v) is 5.67. The molecule has 1 aliphatic rings. The van der Waals surface area contributed by atoms with Crippen LogP contribution in [0.2, 0.25) is 0 Å². The van der Waals surface area contributed by atoms with Crippen molar-refractivity contribution >= 4 is 11.6 Å². The van der Waals surface area contributed by atoms with Crippen molar-refractivity contribution in [2.75, 3.05) is 25.6 Å². The van der Waals surface area contributed by atoms with Gasteiger partial charge in [0.05, 0.1) is 17.7 Å². The van der Waals surface area contributed by atoms with Crippen molar-refractivity contribution in [3.05, 3.63) is 24.0 Å². The van der Waals surface area contributed by atoms with Crippen LogP contribution in [0.4, 0.5) is 5.69 Å². The fourth-order valence-corrected chi connectivity index (χ4v) is 1.90. The third-order valence-corrected chi connectivity index (χ3v) is 2.97. The van der Waals surface area contributed by atoms with Crippen LogP contribution in [0.15, 0.2) is 18.5 Å². The molecule has 1 aliphatic heterocycles. The van der Waals surface area contributed by atoms with E-state index in [1.807, 2.05) is 6.92 Å². The van der Waals surface area contributed by atoms with Crippen LogP contribution in [0, 0.1) is 0 Å². The minimum Gasteiger partial charge on any atom is -0.387 e. The second-order valence-electron chi connectivity index (χ2n) is 4.49. The summed E-state index contributed by atoms with van der Waals surface area (Å²) in [6, 6.07) is 1.78. The molecule has 1 unspecified atom stereocenters. The average molecular weight is 235 g/mol. The molecule has 1 aromatic heterocycles. The number of amides is 1. The van der Waals surface area contributed by atoms with E-state index in [1.165, 1.54) is 0 Å². The van der Waals surface area contributed by atoms with Crippen LogP contribution in [-0.4, -0.2) is 36.7 Å². The van der Waals surface area contributed by atoms with Crippen molar-refractivity contribution in [1.82, 2.24) is 10.3 Å². The number of nitrogens with zero attached hydrogens (tertiary/aromatic N) is 1. The van der Waals surface area contributed by atoms with Crippen molar-refractivity contribution in [3.8, 4) is 0 Å². The highest BCUT2D eigenvalue weighted by atomic mass is 16.5. The van der Waals surface area contributed by atoms with Gasteiger partial charge in [-0.1, -0.05) is 0 Å². The highest BCUT2D eigenvalue weighted by molar-refractivity contribution is 5.99. The third kappa shape index (κ3) is 2.55. The number of ether oxygens (including phenoxy) is 1. The zero-order valence-corrected chi connectivity index (χ0v) is 10.1. The molecular weight excluding hydrogens is 218 g/mol. The molecule has 1 fully saturated rings. The van der Waals surface area contributed by atoms with Gasteiger partial charge < -0.3 is 15.4 Å². The molecule has 1 atom stereocenters. The number of nitrogens with one attached hydrogen (secondary N) is 2. The number of carbonyl (C=O) groups is 1. The number of anilines is 1. The maximum atomic E-state index is 12.1. The van der Waals surface area contributed by atoms with Gasteiger partial charge in [-0.3, -0.25) is 9.78 Å². The van der Waals surface area contributed by atoms with Crippen LogP contribution in [0.25, 0.3) is 0 Å². The minimum atomic E-state index is -0.266. The van der Waals surface area contributed by atoms with Gasteiger partial charge in [-0.2, -0.15) is 0 Å². The van der Waals surface area contributed by atoms with E-state index in [9.17, 15) is 4.79 Å². The summed E-state index contributed by atoms with van der Waals surface area (Å²) < 4.78 is 5.31. The smallest absolute Gasteiger partial charge is 0.255 e. The molecule has 1 aromatic rings. The summed E-state index contributed by atoms with van der Waals surface area (Å²) in [4.78, 5) is 16.1. The Morgan fingerprint density at radius 2 is 2.41 bits per heavy atom. The van der Waals surface area contributed by atoms with Crippen molar-refractivity contribution in [2.24, 2.45) is 0 Å². The molecule has 0 aromatic carbocycles. The van der Waals surface area contributed by atoms with Gasteiger partial charge in [0.25, 0.3) is 5.91 Å². The largest absolute Gasteiger partial charge is 0.387 e. The highest BCUT2D eigenvalue weighted by Crippen LogP contribution is 2.20. The van der Waals surface area contributed by atoms with Gasteiger partial charge >= 0.3 is 0 Å². The van der Waals surface area contributed by atoms with E-state index in [0.29, 0.717) is 18.8 Å². The lowest BCUT2D eigenvalue weighted by Crippen LogP contribution is -2.46. The lowest BCUT2D eigenvalue weighted by atomic mass is 10.0. The number of hydrogen-bond acceptors (Lipinski definition) is 4. The molecule has 0 radical (unpaired) electrons. The van der Waals surface area contributed by atoms with E-state index < -0.39 is 0 Å². The first-order chi connectivity index (χ1) is 8.14. The molecule has 2 rings (SSSR count). The normalized spacial score (nSPS) is 23.4. The van der Waals surface area contributed by atoms with Gasteiger partial charge in [-0.25, -0.2) is 0 Å². The van der Waals surface area contributed by atoms with Gasteiger partial charge in [-0.05, 0) is 19.4 Å². The first kappa shape index (κ1) is 11.9. The molecule has 5 heteroatoms. The minimum absolute atomic E-state index is 0.115. The standard InChI is InChI=1S/C12H17N3O2/c1-12(4-6-17-8-12)15-11(16)9-7-14-5-3-10(9)13-2/h3,5,7H,4,6,8H2,1-2H3,(H,13,14)(H,15,16). The Balaban J connectivity index is 2.14. The number of aromatic nitrogens is 1. The second kappa shape index (κ2) is 4.71. The fraction of sp³-hybridized carbons (Fsp3) is 0.500. The number of rotatable bonds is 3. The summed E-state index contributed by atoms with van der Waals surface area (Å²) in [6.45, 7) is 3.25. The van der Waals surface area contributed by atoms with Crippen molar-refractivity contribution in [1.29, 1.82) is 0 Å². The summed E-state index contributed by atoms with van der Waals surface area (Å²) in [5.74, 6) is -0.115. The predicted molar refractivity (Wildman–Crippen MR) is 65.1 cm³/mol. The Hall–Kier alpha value is -1.62. The molecule has 0 bridgehead atoms. The molecule has 0 aliphatic carbocycles. The quantitative estimate of drug-likeness (QED) is 0.821. The highest BCUT2D eigenvalue weighted by Gasteiger charge is 2.31. The van der Waals surface area contributed by atoms with Gasteiger partial charge in [-0.15, -0.1) is 0 Å². The van der Waals surface area contributed by atoms with E-state index in [-0.39, 0.29) is 11.4 Å². The van der Waals surface area contributed by atoms with E-state index in [4.69, 9.17) is 4.74 Å². The van der Waals surface area contributed by atoms with Gasteiger partial charge in [0, 0.05) is 31.7 Å². The molecule has 17 heavy (non-hydrogen) atoms. The molecule has 5 nitrogen and oxygen atoms in total. The Labute approximate surface area is 101 Å². The van der Waals surface area contributed by atoms with Gasteiger partial charge in [0.15, 0.2) is 0 Å². The van der Waals surface area contributed by atoms with Crippen LogP contribution in [0.3, 0.4) is 0 Å². The van der Waals surface area contributed by atoms with Crippen molar-refractivity contribution in [2.45, 2.75) is 18.9 Å². The molecular formula is C12H17N3O2. The van der Waals surface area contributed by atoms with E-state index in [1.54, 1.807) is 25.5 Å². The lowest BCUT2D eigenvalue weighted by Gasteiger charge is -2.24. The zero-order valence-electron chi connectivity index (χ0n) is 10.1. The topological polar surface area (TPSA) is 63.2 Å². The molecule has 1 amide bonds. The number of pyridine rings is 1. The maximum absolute atomic E-state index is 12.1. The molecule has 0 spiro atoms. The summed E-state index contributed by atoms with van der Waals surface area (Å²) in [5, 5.41) is 5.98. The van der Waals surface area contributed by atoms with E-state index in [0.717, 1.165) is 12.1 Å². The van der Waals surface area contributed by atoms with E-state index >= 15 is 0 Å². The average Bonchev–Trinajstić information content (AvgIpc) is 2.75. The predicted octanol–water partition coefficient (Wildman–Crippen LogP) is 1.03. The molecule has 0 saturated carbocycles. The summed E-state index contributed by atoms with van der Waals surface area (Å²) >= 11 is 0. The van der Waals surface area contributed by atoms with Crippen LogP contribution in [-0.2, 0) is 4.74 Å². The van der Waals surface area contributed by atoms with Crippen LogP contribution < -0.4 is 10.6 Å². The monoisotopic (exact) mass is 235 g/mol. The lowest BCUT2D eigenvalue weighted by molar-refractivity contribution is 0.0890. The summed E-state index contributed by atoms with van der Waals surface area (Å²) in [6.07, 6.45) is 4.07. The fourth-order valence-electron chi connectivity index (χ4n) is 1.90. The molecule has 2 heterocycles. The van der Waals surface area contributed by atoms with Gasteiger partial charge in [0.2, 0.25) is 0 Å². The Morgan fingerprint density at radius 1 is 1.59 bits per heavy atom. The molecule has 92 valence electrons.